The summed E-state index contributed by atoms with van der Waals surface area (Å²) in [6.07, 6.45) is 5.76. The lowest BCUT2D eigenvalue weighted by molar-refractivity contribution is -0.396. The molecule has 0 unspecified atom stereocenters. The van der Waals surface area contributed by atoms with E-state index in [2.05, 4.69) is 28.7 Å². The minimum atomic E-state index is -0.828. The van der Waals surface area contributed by atoms with Gasteiger partial charge in [-0.25, -0.2) is 9.69 Å². The molecule has 13 heteroatoms. The quantitative estimate of drug-likeness (QED) is 0.0525. The van der Waals surface area contributed by atoms with Crippen molar-refractivity contribution in [1.29, 1.82) is 0 Å². The molecule has 4 aromatic rings. The van der Waals surface area contributed by atoms with Crippen LogP contribution in [0.25, 0.3) is 31.9 Å². The molecule has 0 spiro atoms. The van der Waals surface area contributed by atoms with Crippen LogP contribution in [0.3, 0.4) is 0 Å². The molecular formula is C36H35N5O8. The van der Waals surface area contributed by atoms with Crippen molar-refractivity contribution in [3.05, 3.63) is 132 Å². The van der Waals surface area contributed by atoms with Crippen LogP contribution >= 0.6 is 0 Å². The molecule has 0 saturated carbocycles. The van der Waals surface area contributed by atoms with Gasteiger partial charge in [0.25, 0.3) is 11.4 Å². The molecule has 0 aromatic heterocycles. The van der Waals surface area contributed by atoms with Gasteiger partial charge in [-0.3, -0.25) is 30.3 Å². The van der Waals surface area contributed by atoms with Crippen LogP contribution in [0.4, 0.5) is 28.4 Å². The summed E-state index contributed by atoms with van der Waals surface area (Å²) in [6, 6.07) is 21.3. The predicted molar refractivity (Wildman–Crippen MR) is 186 cm³/mol. The predicted octanol–water partition coefficient (Wildman–Crippen LogP) is 10.7. The zero-order valence-electron chi connectivity index (χ0n) is 27.2. The summed E-state index contributed by atoms with van der Waals surface area (Å²) in [5.41, 5.74) is 0.961. The fourth-order valence-corrected chi connectivity index (χ4v) is 4.70. The monoisotopic (exact) mass is 665 g/mol. The molecule has 49 heavy (non-hydrogen) atoms. The molecule has 0 heterocycles. The van der Waals surface area contributed by atoms with Crippen molar-refractivity contribution in [3.63, 3.8) is 0 Å². The van der Waals surface area contributed by atoms with Gasteiger partial charge in [0.05, 0.1) is 46.7 Å². The van der Waals surface area contributed by atoms with E-state index in [1.807, 2.05) is 43.3 Å². The molecule has 0 atom stereocenters. The summed E-state index contributed by atoms with van der Waals surface area (Å²) in [5, 5.41) is 34.4. The Balaban J connectivity index is 0.000000284. The number of unbranched alkanes of at least 4 members (excludes halogenated alkanes) is 4. The molecule has 0 fully saturated rings. The molecule has 0 N–H and O–H groups in total. The van der Waals surface area contributed by atoms with Crippen molar-refractivity contribution in [2.45, 2.75) is 52.4 Å². The smallest absolute Gasteiger partial charge is 0.318 e. The third-order valence-electron chi connectivity index (χ3n) is 7.26. The van der Waals surface area contributed by atoms with E-state index >= 15 is 0 Å². The van der Waals surface area contributed by atoms with Gasteiger partial charge < -0.3 is 9.47 Å². The zero-order valence-corrected chi connectivity index (χ0v) is 27.2. The number of hydrogen-bond donors (Lipinski definition) is 0. The van der Waals surface area contributed by atoms with E-state index in [1.165, 1.54) is 25.0 Å². The first-order chi connectivity index (χ1) is 23.6. The fourth-order valence-electron chi connectivity index (χ4n) is 4.70. The van der Waals surface area contributed by atoms with E-state index in [-0.39, 0.29) is 23.4 Å². The third kappa shape index (κ3) is 10.6. The Hall–Kier alpha value is -6.34. The van der Waals surface area contributed by atoms with Gasteiger partial charge in [0.15, 0.2) is 11.4 Å². The Bertz CT molecular complexity index is 1810. The number of rotatable bonds is 15. The molecule has 252 valence electrons. The van der Waals surface area contributed by atoms with E-state index in [1.54, 1.807) is 0 Å². The number of nitro benzene ring substituents is 3. The van der Waals surface area contributed by atoms with Crippen LogP contribution in [0.1, 0.15) is 52.4 Å². The summed E-state index contributed by atoms with van der Waals surface area (Å²) < 4.78 is 11.0. The van der Waals surface area contributed by atoms with Crippen LogP contribution in [-0.2, 0) is 0 Å². The van der Waals surface area contributed by atoms with Crippen molar-refractivity contribution in [1.82, 2.24) is 0 Å². The highest BCUT2D eigenvalue weighted by Crippen LogP contribution is 2.43. The van der Waals surface area contributed by atoms with E-state index in [9.17, 15) is 30.3 Å². The summed E-state index contributed by atoms with van der Waals surface area (Å²) in [6.45, 7) is 18.9. The Labute approximate surface area is 283 Å². The summed E-state index contributed by atoms with van der Waals surface area (Å²) in [7, 11) is 0. The molecule has 0 amide bonds. The van der Waals surface area contributed by atoms with Crippen LogP contribution in [0, 0.1) is 43.5 Å². The lowest BCUT2D eigenvalue weighted by Gasteiger charge is -2.10. The number of hydrogen-bond acceptors (Lipinski definition) is 8. The van der Waals surface area contributed by atoms with Gasteiger partial charge in [0.1, 0.15) is 5.75 Å². The maximum Gasteiger partial charge on any atom is 0.318 e. The average molecular weight is 666 g/mol. The first-order valence-electron chi connectivity index (χ1n) is 15.6. The molecule has 0 bridgehead atoms. The van der Waals surface area contributed by atoms with Gasteiger partial charge in [0, 0.05) is 23.8 Å². The Morgan fingerprint density at radius 3 is 1.51 bits per heavy atom. The second-order valence-corrected chi connectivity index (χ2v) is 10.7. The zero-order chi connectivity index (χ0) is 35.8. The molecule has 4 aromatic carbocycles. The maximum atomic E-state index is 11.5. The minimum absolute atomic E-state index is 0.000303. The topological polar surface area (TPSA) is 157 Å². The first-order valence-corrected chi connectivity index (χ1v) is 15.6. The third-order valence-corrected chi connectivity index (χ3v) is 7.26. The van der Waals surface area contributed by atoms with E-state index < -0.39 is 37.6 Å². The molecule has 4 rings (SSSR count). The highest BCUT2D eigenvalue weighted by atomic mass is 16.6. The Morgan fingerprint density at radius 1 is 0.571 bits per heavy atom. The van der Waals surface area contributed by atoms with Crippen molar-refractivity contribution >= 4 is 28.4 Å². The average Bonchev–Trinajstić information content (AvgIpc) is 3.12. The van der Waals surface area contributed by atoms with Gasteiger partial charge in [0.2, 0.25) is 0 Å². The first kappa shape index (κ1) is 37.1. The van der Waals surface area contributed by atoms with Crippen molar-refractivity contribution in [2.75, 3.05) is 13.2 Å². The van der Waals surface area contributed by atoms with Gasteiger partial charge in [-0.2, -0.15) is 0 Å². The molecule has 0 radical (unpaired) electrons. The van der Waals surface area contributed by atoms with Crippen LogP contribution in [0.15, 0.2) is 78.9 Å². The molecule has 13 nitrogen and oxygen atoms in total. The van der Waals surface area contributed by atoms with Crippen LogP contribution in [0.2, 0.25) is 0 Å². The summed E-state index contributed by atoms with van der Waals surface area (Å²) in [4.78, 5) is 38.5. The van der Waals surface area contributed by atoms with E-state index in [0.717, 1.165) is 60.9 Å². The number of nitrogens with zero attached hydrogens (tertiary/aromatic N) is 5. The second-order valence-electron chi connectivity index (χ2n) is 10.7. The standard InChI is InChI=1S/C18H16N4O7.C18H19NO/c1-3-4-5-8-29-18-16(21(25)26)9-12(10-17(18)22(27)28)14-7-6-13(19-2)11-15(14)20(23)24;1-3-4-5-14-20-18-12-8-16(9-13-18)15-6-10-17(19-2)11-7-15/h6-7,9-11H,3-5,8H2,1H3;6-13H,3-5,14H2,1H3. The maximum absolute atomic E-state index is 11.5. The van der Waals surface area contributed by atoms with Crippen molar-refractivity contribution in [2.24, 2.45) is 0 Å². The van der Waals surface area contributed by atoms with Crippen LogP contribution in [0.5, 0.6) is 11.5 Å². The van der Waals surface area contributed by atoms with Crippen molar-refractivity contribution in [3.8, 4) is 33.8 Å². The van der Waals surface area contributed by atoms with Gasteiger partial charge in [-0.05, 0) is 36.1 Å². The van der Waals surface area contributed by atoms with Gasteiger partial charge in [-0.15, -0.1) is 0 Å². The second kappa shape index (κ2) is 18.7. The normalized spacial score (nSPS) is 10.1. The van der Waals surface area contributed by atoms with Gasteiger partial charge in [-0.1, -0.05) is 88.1 Å². The molecule has 0 aliphatic heterocycles. The van der Waals surface area contributed by atoms with Crippen LogP contribution in [-0.4, -0.2) is 28.0 Å². The van der Waals surface area contributed by atoms with Gasteiger partial charge >= 0.3 is 11.4 Å². The lowest BCUT2D eigenvalue weighted by atomic mass is 10.0. The van der Waals surface area contributed by atoms with Crippen LogP contribution < -0.4 is 9.47 Å². The molecule has 0 aliphatic carbocycles. The Morgan fingerprint density at radius 2 is 1.04 bits per heavy atom. The molecule has 0 aliphatic rings. The highest BCUT2D eigenvalue weighted by molar-refractivity contribution is 5.82. The number of ether oxygens (including phenoxy) is 2. The molecular weight excluding hydrogens is 630 g/mol. The number of benzene rings is 4. The largest absolute Gasteiger partial charge is 0.494 e. The van der Waals surface area contributed by atoms with E-state index in [4.69, 9.17) is 22.6 Å². The Kier molecular flexibility index (Phi) is 14.2. The minimum Gasteiger partial charge on any atom is -0.494 e. The lowest BCUT2D eigenvalue weighted by Crippen LogP contribution is -2.04. The molecule has 0 saturated heterocycles. The SMILES string of the molecule is [C-]#[N+]c1ccc(-c2cc([N+](=O)[O-])c(OCCCCC)c([N+](=O)[O-])c2)c([N+](=O)[O-])c1.[C-]#[N+]c1ccc(-c2ccc(OCCCCC)cc2)cc1. The number of nitro groups is 3. The summed E-state index contributed by atoms with van der Waals surface area (Å²) in [5.74, 6) is 0.433. The summed E-state index contributed by atoms with van der Waals surface area (Å²) >= 11 is 0. The fraction of sp³-hybridized carbons (Fsp3) is 0.278. The highest BCUT2D eigenvalue weighted by Gasteiger charge is 2.30. The van der Waals surface area contributed by atoms with Crippen molar-refractivity contribution < 1.29 is 24.2 Å². The van der Waals surface area contributed by atoms with E-state index in [0.29, 0.717) is 12.1 Å².